The fourth-order valence-electron chi connectivity index (χ4n) is 1.51. The SMILES string of the molecule is CCCS(=O)(=O)CCC1(S(=O)(=O)Cl)CC1. The van der Waals surface area contributed by atoms with E-state index < -0.39 is 23.6 Å². The molecule has 1 fully saturated rings. The lowest BCUT2D eigenvalue weighted by Gasteiger charge is -2.10. The number of halogens is 1. The summed E-state index contributed by atoms with van der Waals surface area (Å²) in [5, 5.41) is 0. The first-order valence-electron chi connectivity index (χ1n) is 4.87. The number of hydrogen-bond acceptors (Lipinski definition) is 4. The maximum atomic E-state index is 11.4. The molecule has 0 radical (unpaired) electrons. The van der Waals surface area contributed by atoms with Crippen LogP contribution in [-0.2, 0) is 18.9 Å². The summed E-state index contributed by atoms with van der Waals surface area (Å²) in [6, 6.07) is 0. The van der Waals surface area contributed by atoms with E-state index in [9.17, 15) is 16.8 Å². The smallest absolute Gasteiger partial charge is 0.229 e. The first-order chi connectivity index (χ1) is 6.72. The van der Waals surface area contributed by atoms with Gasteiger partial charge < -0.3 is 0 Å². The Morgan fingerprint density at radius 1 is 1.13 bits per heavy atom. The van der Waals surface area contributed by atoms with E-state index in [1.54, 1.807) is 6.92 Å². The molecule has 1 rings (SSSR count). The molecule has 1 saturated carbocycles. The van der Waals surface area contributed by atoms with Crippen molar-refractivity contribution in [1.82, 2.24) is 0 Å². The summed E-state index contributed by atoms with van der Waals surface area (Å²) >= 11 is 0. The Balaban J connectivity index is 2.59. The van der Waals surface area contributed by atoms with E-state index in [0.29, 0.717) is 19.3 Å². The van der Waals surface area contributed by atoms with Gasteiger partial charge >= 0.3 is 0 Å². The quantitative estimate of drug-likeness (QED) is 0.685. The molecule has 0 heterocycles. The van der Waals surface area contributed by atoms with Crippen LogP contribution in [0.4, 0.5) is 0 Å². The van der Waals surface area contributed by atoms with Crippen LogP contribution in [0, 0.1) is 0 Å². The van der Waals surface area contributed by atoms with Crippen LogP contribution >= 0.6 is 10.7 Å². The average molecular weight is 275 g/mol. The second-order valence-electron chi connectivity index (χ2n) is 4.02. The molecule has 0 N–H and O–H groups in total. The highest BCUT2D eigenvalue weighted by atomic mass is 35.7. The summed E-state index contributed by atoms with van der Waals surface area (Å²) in [6.07, 6.45) is 1.67. The van der Waals surface area contributed by atoms with Gasteiger partial charge in [0.25, 0.3) is 0 Å². The van der Waals surface area contributed by atoms with Crippen LogP contribution in [-0.4, -0.2) is 33.1 Å². The zero-order valence-electron chi connectivity index (χ0n) is 8.57. The van der Waals surface area contributed by atoms with Gasteiger partial charge in [-0.15, -0.1) is 0 Å². The molecule has 0 atom stereocenters. The molecule has 0 aromatic carbocycles. The van der Waals surface area contributed by atoms with E-state index in [-0.39, 0.29) is 17.9 Å². The number of sulfone groups is 1. The average Bonchev–Trinajstić information content (AvgIpc) is 2.79. The van der Waals surface area contributed by atoms with Gasteiger partial charge in [-0.1, -0.05) is 6.92 Å². The van der Waals surface area contributed by atoms with Crippen LogP contribution in [0.3, 0.4) is 0 Å². The first kappa shape index (κ1) is 13.3. The fourth-order valence-corrected chi connectivity index (χ4v) is 4.80. The largest absolute Gasteiger partial charge is 0.238 e. The normalized spacial score (nSPS) is 20.1. The third-order valence-corrected chi connectivity index (χ3v) is 7.19. The van der Waals surface area contributed by atoms with Crippen molar-refractivity contribution >= 4 is 29.6 Å². The van der Waals surface area contributed by atoms with Crippen molar-refractivity contribution in [3.8, 4) is 0 Å². The minimum absolute atomic E-state index is 0.0766. The van der Waals surface area contributed by atoms with Crippen LogP contribution in [0.15, 0.2) is 0 Å². The molecule has 0 saturated heterocycles. The molecule has 0 aromatic heterocycles. The van der Waals surface area contributed by atoms with Crippen LogP contribution in [0.25, 0.3) is 0 Å². The van der Waals surface area contributed by atoms with Gasteiger partial charge in [-0.05, 0) is 25.7 Å². The third kappa shape index (κ3) is 3.32. The molecule has 0 unspecified atom stereocenters. The van der Waals surface area contributed by atoms with Crippen molar-refractivity contribution in [3.05, 3.63) is 0 Å². The fraction of sp³-hybridized carbons (Fsp3) is 1.00. The van der Waals surface area contributed by atoms with Gasteiger partial charge in [-0.3, -0.25) is 0 Å². The zero-order valence-corrected chi connectivity index (χ0v) is 11.0. The van der Waals surface area contributed by atoms with E-state index in [0.717, 1.165) is 0 Å². The number of hydrogen-bond donors (Lipinski definition) is 0. The van der Waals surface area contributed by atoms with Gasteiger partial charge in [-0.2, -0.15) is 0 Å². The predicted molar refractivity (Wildman–Crippen MR) is 60.3 cm³/mol. The summed E-state index contributed by atoms with van der Waals surface area (Å²) in [4.78, 5) is 0. The molecular formula is C8H15ClO4S2. The molecule has 0 aliphatic heterocycles. The summed E-state index contributed by atoms with van der Waals surface area (Å²) < 4.78 is 44.2. The molecule has 0 spiro atoms. The van der Waals surface area contributed by atoms with E-state index in [1.807, 2.05) is 0 Å². The highest BCUT2D eigenvalue weighted by molar-refractivity contribution is 8.15. The Morgan fingerprint density at radius 3 is 2.00 bits per heavy atom. The zero-order chi connectivity index (χ0) is 11.7. The Labute approximate surface area is 95.3 Å². The summed E-state index contributed by atoms with van der Waals surface area (Å²) in [5.74, 6) is 0.0399. The Morgan fingerprint density at radius 2 is 1.67 bits per heavy atom. The summed E-state index contributed by atoms with van der Waals surface area (Å²) in [7, 11) is -1.46. The molecule has 0 aromatic rings. The summed E-state index contributed by atoms with van der Waals surface area (Å²) in [6.45, 7) is 1.78. The Kier molecular flexibility index (Phi) is 3.73. The minimum Gasteiger partial charge on any atom is -0.229 e. The van der Waals surface area contributed by atoms with Gasteiger partial charge in [0.1, 0.15) is 9.84 Å². The molecule has 7 heteroatoms. The molecule has 1 aliphatic carbocycles. The molecular weight excluding hydrogens is 260 g/mol. The molecule has 15 heavy (non-hydrogen) atoms. The molecule has 4 nitrogen and oxygen atoms in total. The highest BCUT2D eigenvalue weighted by Crippen LogP contribution is 2.48. The van der Waals surface area contributed by atoms with Crippen LogP contribution < -0.4 is 0 Å². The lowest BCUT2D eigenvalue weighted by Crippen LogP contribution is -2.23. The van der Waals surface area contributed by atoms with Gasteiger partial charge in [0, 0.05) is 16.4 Å². The highest BCUT2D eigenvalue weighted by Gasteiger charge is 2.53. The van der Waals surface area contributed by atoms with E-state index in [4.69, 9.17) is 10.7 Å². The van der Waals surface area contributed by atoms with E-state index >= 15 is 0 Å². The van der Waals surface area contributed by atoms with E-state index in [2.05, 4.69) is 0 Å². The van der Waals surface area contributed by atoms with Gasteiger partial charge in [0.15, 0.2) is 0 Å². The standard InChI is InChI=1S/C8H15ClO4S2/c1-2-6-14(10,11)7-5-8(3-4-8)15(9,12)13/h2-7H2,1H3. The second kappa shape index (κ2) is 4.22. The Hall–Kier alpha value is 0.190. The van der Waals surface area contributed by atoms with Crippen LogP contribution in [0.5, 0.6) is 0 Å². The monoisotopic (exact) mass is 274 g/mol. The second-order valence-corrected chi connectivity index (χ2v) is 9.29. The molecule has 90 valence electrons. The van der Waals surface area contributed by atoms with Gasteiger partial charge in [0.05, 0.1) is 10.5 Å². The lowest BCUT2D eigenvalue weighted by molar-refractivity contribution is 0.578. The molecule has 1 aliphatic rings. The number of rotatable bonds is 6. The van der Waals surface area contributed by atoms with Crippen molar-refractivity contribution in [2.75, 3.05) is 11.5 Å². The lowest BCUT2D eigenvalue weighted by atomic mass is 10.3. The Bertz CT molecular complexity index is 420. The minimum atomic E-state index is -3.62. The van der Waals surface area contributed by atoms with Crippen LogP contribution in [0.2, 0.25) is 0 Å². The van der Waals surface area contributed by atoms with Crippen molar-refractivity contribution in [3.63, 3.8) is 0 Å². The first-order valence-corrected chi connectivity index (χ1v) is 9.00. The van der Waals surface area contributed by atoms with Crippen molar-refractivity contribution < 1.29 is 16.8 Å². The predicted octanol–water partition coefficient (Wildman–Crippen LogP) is 1.30. The maximum Gasteiger partial charge on any atom is 0.238 e. The topological polar surface area (TPSA) is 68.3 Å². The molecule has 0 amide bonds. The summed E-state index contributed by atoms with van der Waals surface area (Å²) in [5.41, 5.74) is 0. The molecule has 0 bridgehead atoms. The van der Waals surface area contributed by atoms with Crippen LogP contribution in [0.1, 0.15) is 32.6 Å². The van der Waals surface area contributed by atoms with Crippen molar-refractivity contribution in [2.24, 2.45) is 0 Å². The van der Waals surface area contributed by atoms with Gasteiger partial charge in [-0.25, -0.2) is 16.8 Å². The maximum absolute atomic E-state index is 11.4. The van der Waals surface area contributed by atoms with Crippen molar-refractivity contribution in [1.29, 1.82) is 0 Å². The third-order valence-electron chi connectivity index (χ3n) is 2.71. The van der Waals surface area contributed by atoms with Crippen molar-refractivity contribution in [2.45, 2.75) is 37.4 Å². The van der Waals surface area contributed by atoms with E-state index in [1.165, 1.54) is 0 Å². The van der Waals surface area contributed by atoms with Gasteiger partial charge in [0.2, 0.25) is 9.05 Å².